The van der Waals surface area contributed by atoms with Gasteiger partial charge in [-0.2, -0.15) is 13.2 Å². The van der Waals surface area contributed by atoms with Gasteiger partial charge in [0.25, 0.3) is 0 Å². The molecule has 3 rings (SSSR count). The van der Waals surface area contributed by atoms with Crippen molar-refractivity contribution < 1.29 is 17.6 Å². The van der Waals surface area contributed by atoms with Gasteiger partial charge in [0.2, 0.25) is 0 Å². The molecule has 0 saturated heterocycles. The largest absolute Gasteiger partial charge is 0.416 e. The lowest BCUT2D eigenvalue weighted by Gasteiger charge is -2.07. The van der Waals surface area contributed by atoms with Gasteiger partial charge in [0.05, 0.1) is 5.56 Å². The second kappa shape index (κ2) is 4.91. The Bertz CT molecular complexity index is 769. The van der Waals surface area contributed by atoms with Gasteiger partial charge in [0.1, 0.15) is 5.82 Å². The summed E-state index contributed by atoms with van der Waals surface area (Å²) in [6, 6.07) is 9.50. The first-order chi connectivity index (χ1) is 9.93. The van der Waals surface area contributed by atoms with Crippen LogP contribution in [-0.2, 0) is 12.6 Å². The molecule has 21 heavy (non-hydrogen) atoms. The smallest absolute Gasteiger partial charge is 0.361 e. The van der Waals surface area contributed by atoms with Gasteiger partial charge in [-0.25, -0.2) is 4.39 Å². The van der Waals surface area contributed by atoms with E-state index in [1.54, 1.807) is 12.3 Å². The van der Waals surface area contributed by atoms with E-state index in [1.807, 2.05) is 0 Å². The van der Waals surface area contributed by atoms with Gasteiger partial charge in [0.15, 0.2) is 0 Å². The van der Waals surface area contributed by atoms with Crippen molar-refractivity contribution in [1.82, 2.24) is 4.98 Å². The van der Waals surface area contributed by atoms with E-state index in [-0.39, 0.29) is 5.82 Å². The third-order valence-corrected chi connectivity index (χ3v) is 3.41. The van der Waals surface area contributed by atoms with Crippen LogP contribution in [0, 0.1) is 5.82 Å². The maximum absolute atomic E-state index is 13.1. The Morgan fingerprint density at radius 2 is 1.67 bits per heavy atom. The van der Waals surface area contributed by atoms with Gasteiger partial charge in [-0.3, -0.25) is 0 Å². The minimum Gasteiger partial charge on any atom is -0.361 e. The maximum Gasteiger partial charge on any atom is 0.416 e. The van der Waals surface area contributed by atoms with Crippen molar-refractivity contribution in [2.45, 2.75) is 12.6 Å². The molecule has 0 bridgehead atoms. The van der Waals surface area contributed by atoms with Crippen LogP contribution in [0.1, 0.15) is 16.7 Å². The highest BCUT2D eigenvalue weighted by atomic mass is 19.4. The molecule has 0 aliphatic carbocycles. The van der Waals surface area contributed by atoms with Crippen molar-refractivity contribution in [3.63, 3.8) is 0 Å². The van der Waals surface area contributed by atoms with Crippen molar-refractivity contribution in [2.24, 2.45) is 0 Å². The van der Waals surface area contributed by atoms with Crippen LogP contribution in [0.2, 0.25) is 0 Å². The zero-order valence-electron chi connectivity index (χ0n) is 10.8. The van der Waals surface area contributed by atoms with Crippen LogP contribution in [0.5, 0.6) is 0 Å². The van der Waals surface area contributed by atoms with E-state index in [0.717, 1.165) is 28.6 Å². The molecule has 0 amide bonds. The highest BCUT2D eigenvalue weighted by molar-refractivity contribution is 5.83. The molecule has 0 atom stereocenters. The number of H-pyrrole nitrogens is 1. The number of benzene rings is 2. The normalized spacial score (nSPS) is 12.0. The second-order valence-electron chi connectivity index (χ2n) is 4.88. The number of aromatic amines is 1. The Morgan fingerprint density at radius 3 is 2.33 bits per heavy atom. The summed E-state index contributed by atoms with van der Waals surface area (Å²) in [7, 11) is 0. The lowest BCUT2D eigenvalue weighted by molar-refractivity contribution is -0.137. The van der Waals surface area contributed by atoms with E-state index in [0.29, 0.717) is 11.9 Å². The quantitative estimate of drug-likeness (QED) is 0.646. The average Bonchev–Trinajstić information content (AvgIpc) is 2.80. The van der Waals surface area contributed by atoms with Crippen LogP contribution in [0.3, 0.4) is 0 Å². The number of hydrogen-bond acceptors (Lipinski definition) is 0. The Kier molecular flexibility index (Phi) is 3.20. The molecule has 1 nitrogen and oxygen atoms in total. The van der Waals surface area contributed by atoms with Crippen LogP contribution in [-0.4, -0.2) is 4.98 Å². The number of fused-ring (bicyclic) bond motifs is 1. The van der Waals surface area contributed by atoms with Gasteiger partial charge in [-0.05, 0) is 47.9 Å². The summed E-state index contributed by atoms with van der Waals surface area (Å²) in [5.74, 6) is -0.328. The van der Waals surface area contributed by atoms with Crippen LogP contribution in [0.15, 0.2) is 48.7 Å². The van der Waals surface area contributed by atoms with Crippen molar-refractivity contribution >= 4 is 10.9 Å². The molecule has 1 heterocycles. The van der Waals surface area contributed by atoms with Gasteiger partial charge >= 0.3 is 6.18 Å². The molecule has 108 valence electrons. The summed E-state index contributed by atoms with van der Waals surface area (Å²) in [6.07, 6.45) is -2.08. The fourth-order valence-corrected chi connectivity index (χ4v) is 2.34. The second-order valence-corrected chi connectivity index (χ2v) is 4.88. The summed E-state index contributed by atoms with van der Waals surface area (Å²) in [5, 5.41) is 0.872. The Hall–Kier alpha value is -2.30. The lowest BCUT2D eigenvalue weighted by Crippen LogP contribution is -2.04. The third kappa shape index (κ3) is 2.77. The number of hydrogen-bond donors (Lipinski definition) is 1. The van der Waals surface area contributed by atoms with Gasteiger partial charge in [0, 0.05) is 17.1 Å². The summed E-state index contributed by atoms with van der Waals surface area (Å²) in [5.41, 5.74) is 1.71. The monoisotopic (exact) mass is 293 g/mol. The van der Waals surface area contributed by atoms with E-state index in [9.17, 15) is 17.6 Å². The molecule has 0 aliphatic rings. The topological polar surface area (TPSA) is 15.8 Å². The first-order valence-electron chi connectivity index (χ1n) is 6.35. The van der Waals surface area contributed by atoms with E-state index in [1.165, 1.54) is 24.3 Å². The third-order valence-electron chi connectivity index (χ3n) is 3.41. The minimum atomic E-state index is -4.32. The molecule has 0 aliphatic heterocycles. The number of aromatic nitrogens is 1. The first kappa shape index (κ1) is 13.7. The molecule has 0 saturated carbocycles. The maximum atomic E-state index is 13.1. The zero-order valence-corrected chi connectivity index (χ0v) is 10.8. The number of alkyl halides is 3. The summed E-state index contributed by atoms with van der Waals surface area (Å²) < 4.78 is 50.6. The molecule has 0 fully saturated rings. The van der Waals surface area contributed by atoms with Crippen molar-refractivity contribution in [3.8, 4) is 0 Å². The summed E-state index contributed by atoms with van der Waals surface area (Å²) in [6.45, 7) is 0. The van der Waals surface area contributed by atoms with E-state index < -0.39 is 11.7 Å². The molecule has 0 spiro atoms. The standard InChI is InChI=1S/C16H11F4N/c17-13-5-6-14-11(9-21-15(14)8-13)7-10-1-3-12(4-2-10)16(18,19)20/h1-6,8-9,21H,7H2. The zero-order chi connectivity index (χ0) is 15.0. The molecular weight excluding hydrogens is 282 g/mol. The highest BCUT2D eigenvalue weighted by Crippen LogP contribution is 2.29. The molecule has 1 N–H and O–H groups in total. The van der Waals surface area contributed by atoms with Gasteiger partial charge in [-0.1, -0.05) is 12.1 Å². The molecule has 3 aromatic rings. The van der Waals surface area contributed by atoms with E-state index in [4.69, 9.17) is 0 Å². The predicted molar refractivity (Wildman–Crippen MR) is 72.5 cm³/mol. The van der Waals surface area contributed by atoms with Crippen molar-refractivity contribution in [3.05, 3.63) is 71.2 Å². The van der Waals surface area contributed by atoms with Crippen LogP contribution < -0.4 is 0 Å². The number of halogens is 4. The summed E-state index contributed by atoms with van der Waals surface area (Å²) in [4.78, 5) is 2.96. The van der Waals surface area contributed by atoms with Gasteiger partial charge in [-0.15, -0.1) is 0 Å². The number of rotatable bonds is 2. The SMILES string of the molecule is Fc1ccc2c(Cc3ccc(C(F)(F)F)cc3)c[nH]c2c1. The van der Waals surface area contributed by atoms with Crippen LogP contribution in [0.4, 0.5) is 17.6 Å². The fraction of sp³-hybridized carbons (Fsp3) is 0.125. The lowest BCUT2D eigenvalue weighted by atomic mass is 10.0. The first-order valence-corrected chi connectivity index (χ1v) is 6.35. The Labute approximate surface area is 118 Å². The molecule has 5 heteroatoms. The summed E-state index contributed by atoms with van der Waals surface area (Å²) >= 11 is 0. The van der Waals surface area contributed by atoms with Crippen molar-refractivity contribution in [2.75, 3.05) is 0 Å². The Morgan fingerprint density at radius 1 is 0.952 bits per heavy atom. The van der Waals surface area contributed by atoms with E-state index >= 15 is 0 Å². The Balaban J connectivity index is 1.88. The molecule has 2 aromatic carbocycles. The number of nitrogens with one attached hydrogen (secondary N) is 1. The van der Waals surface area contributed by atoms with E-state index in [2.05, 4.69) is 4.98 Å². The molecule has 1 aromatic heterocycles. The predicted octanol–water partition coefficient (Wildman–Crippen LogP) is 4.92. The van der Waals surface area contributed by atoms with Crippen molar-refractivity contribution in [1.29, 1.82) is 0 Å². The average molecular weight is 293 g/mol. The molecular formula is C16H11F4N. The van der Waals surface area contributed by atoms with Crippen LogP contribution >= 0.6 is 0 Å². The fourth-order valence-electron chi connectivity index (χ4n) is 2.34. The van der Waals surface area contributed by atoms with Gasteiger partial charge < -0.3 is 4.98 Å². The molecule has 0 unspecified atom stereocenters. The molecule has 0 radical (unpaired) electrons. The minimum absolute atomic E-state index is 0.328. The highest BCUT2D eigenvalue weighted by Gasteiger charge is 2.29. The van der Waals surface area contributed by atoms with Crippen LogP contribution in [0.25, 0.3) is 10.9 Å².